The Morgan fingerprint density at radius 2 is 1.88 bits per heavy atom. The van der Waals surface area contributed by atoms with Crippen LogP contribution in [0.1, 0.15) is 21.5 Å². The van der Waals surface area contributed by atoms with Crippen molar-refractivity contribution in [2.45, 2.75) is 6.61 Å². The first-order valence-electron chi connectivity index (χ1n) is 7.53. The van der Waals surface area contributed by atoms with Crippen molar-refractivity contribution < 1.29 is 15.0 Å². The molecule has 3 rings (SSSR count). The molecule has 0 bridgehead atoms. The van der Waals surface area contributed by atoms with Crippen molar-refractivity contribution >= 4 is 34.5 Å². The summed E-state index contributed by atoms with van der Waals surface area (Å²) < 4.78 is 0. The Balaban J connectivity index is 1.82. The van der Waals surface area contributed by atoms with Crippen LogP contribution in [0.2, 0.25) is 5.02 Å². The standard InChI is InChI=1S/C19H15ClN2O3/c20-17-9-12(7-8-18(17)24)19(25)22-21-10-13-5-6-14(11-23)16-4-2-1-3-15(13)16/h1-10,23-24H,11H2,(H,22,25). The minimum atomic E-state index is -0.436. The van der Waals surface area contributed by atoms with Crippen LogP contribution in [-0.4, -0.2) is 22.3 Å². The van der Waals surface area contributed by atoms with E-state index >= 15 is 0 Å². The predicted molar refractivity (Wildman–Crippen MR) is 98.0 cm³/mol. The summed E-state index contributed by atoms with van der Waals surface area (Å²) in [6, 6.07) is 15.5. The first kappa shape index (κ1) is 17.0. The minimum absolute atomic E-state index is 0.0454. The zero-order valence-electron chi connectivity index (χ0n) is 13.1. The molecule has 0 aromatic heterocycles. The van der Waals surface area contributed by atoms with Gasteiger partial charge in [-0.25, -0.2) is 5.43 Å². The molecule has 1 amide bonds. The van der Waals surface area contributed by atoms with Gasteiger partial charge < -0.3 is 10.2 Å². The maximum Gasteiger partial charge on any atom is 0.271 e. The number of fused-ring (bicyclic) bond motifs is 1. The molecule has 0 fully saturated rings. The van der Waals surface area contributed by atoms with Crippen molar-refractivity contribution in [1.82, 2.24) is 5.43 Å². The number of hydrogen-bond donors (Lipinski definition) is 3. The first-order chi connectivity index (χ1) is 12.1. The van der Waals surface area contributed by atoms with Crippen LogP contribution < -0.4 is 5.43 Å². The molecule has 0 saturated heterocycles. The summed E-state index contributed by atoms with van der Waals surface area (Å²) >= 11 is 5.79. The molecule has 0 spiro atoms. The van der Waals surface area contributed by atoms with Gasteiger partial charge in [0.1, 0.15) is 5.75 Å². The van der Waals surface area contributed by atoms with Gasteiger partial charge >= 0.3 is 0 Å². The van der Waals surface area contributed by atoms with Crippen LogP contribution in [0, 0.1) is 0 Å². The molecule has 5 nitrogen and oxygen atoms in total. The largest absolute Gasteiger partial charge is 0.506 e. The van der Waals surface area contributed by atoms with Crippen molar-refractivity contribution in [3.8, 4) is 5.75 Å². The summed E-state index contributed by atoms with van der Waals surface area (Å²) in [5, 5.41) is 24.8. The second-order valence-corrected chi connectivity index (χ2v) is 5.79. The first-order valence-corrected chi connectivity index (χ1v) is 7.91. The Bertz CT molecular complexity index is 970. The van der Waals surface area contributed by atoms with E-state index in [4.69, 9.17) is 11.6 Å². The molecule has 3 N–H and O–H groups in total. The van der Waals surface area contributed by atoms with Crippen molar-refractivity contribution in [3.05, 3.63) is 76.3 Å². The van der Waals surface area contributed by atoms with E-state index in [1.807, 2.05) is 36.4 Å². The molecule has 0 atom stereocenters. The highest BCUT2D eigenvalue weighted by atomic mass is 35.5. The number of aliphatic hydroxyl groups is 1. The fourth-order valence-corrected chi connectivity index (χ4v) is 2.69. The lowest BCUT2D eigenvalue weighted by Crippen LogP contribution is -2.17. The summed E-state index contributed by atoms with van der Waals surface area (Å²) in [7, 11) is 0. The average Bonchev–Trinajstić information content (AvgIpc) is 2.64. The summed E-state index contributed by atoms with van der Waals surface area (Å²) in [5.74, 6) is -0.522. The average molecular weight is 355 g/mol. The normalized spacial score (nSPS) is 11.1. The summed E-state index contributed by atoms with van der Waals surface area (Å²) in [6.45, 7) is -0.0454. The number of rotatable bonds is 4. The number of carbonyl (C=O) groups is 1. The molecule has 0 unspecified atom stereocenters. The molecular formula is C19H15ClN2O3. The van der Waals surface area contributed by atoms with E-state index in [9.17, 15) is 15.0 Å². The molecule has 0 heterocycles. The highest BCUT2D eigenvalue weighted by Gasteiger charge is 2.08. The number of benzene rings is 3. The Hall–Kier alpha value is -2.89. The topological polar surface area (TPSA) is 81.9 Å². The third-order valence-electron chi connectivity index (χ3n) is 3.80. The van der Waals surface area contributed by atoms with Crippen LogP contribution in [0.15, 0.2) is 59.7 Å². The van der Waals surface area contributed by atoms with E-state index in [-0.39, 0.29) is 17.4 Å². The number of carbonyl (C=O) groups excluding carboxylic acids is 1. The maximum atomic E-state index is 12.1. The second kappa shape index (κ2) is 7.34. The number of nitrogens with zero attached hydrogens (tertiary/aromatic N) is 1. The lowest BCUT2D eigenvalue weighted by atomic mass is 10.0. The smallest absolute Gasteiger partial charge is 0.271 e. The molecule has 6 heteroatoms. The molecule has 0 radical (unpaired) electrons. The van der Waals surface area contributed by atoms with Gasteiger partial charge in [0, 0.05) is 11.1 Å². The Morgan fingerprint density at radius 3 is 2.60 bits per heavy atom. The zero-order chi connectivity index (χ0) is 17.8. The molecule has 126 valence electrons. The van der Waals surface area contributed by atoms with Crippen molar-refractivity contribution in [3.63, 3.8) is 0 Å². The number of aliphatic hydroxyl groups excluding tert-OH is 1. The molecule has 3 aromatic carbocycles. The molecule has 25 heavy (non-hydrogen) atoms. The number of aromatic hydroxyl groups is 1. The third kappa shape index (κ3) is 3.63. The Kier molecular flexibility index (Phi) is 4.97. The number of amides is 1. The van der Waals surface area contributed by atoms with Crippen LogP contribution >= 0.6 is 11.6 Å². The fraction of sp³-hybridized carbons (Fsp3) is 0.0526. The highest BCUT2D eigenvalue weighted by Crippen LogP contribution is 2.24. The quantitative estimate of drug-likeness (QED) is 0.495. The summed E-state index contributed by atoms with van der Waals surface area (Å²) in [4.78, 5) is 12.1. The van der Waals surface area contributed by atoms with E-state index < -0.39 is 5.91 Å². The fourth-order valence-electron chi connectivity index (χ4n) is 2.51. The molecule has 0 aliphatic rings. The number of phenolic OH excluding ortho intramolecular Hbond substituents is 1. The van der Waals surface area contributed by atoms with Crippen LogP contribution in [0.25, 0.3) is 10.8 Å². The maximum absolute atomic E-state index is 12.1. The van der Waals surface area contributed by atoms with Crippen LogP contribution in [0.5, 0.6) is 5.75 Å². The molecule has 0 saturated carbocycles. The van der Waals surface area contributed by atoms with E-state index in [1.165, 1.54) is 18.2 Å². The van der Waals surface area contributed by atoms with Gasteiger partial charge in [-0.3, -0.25) is 4.79 Å². The Morgan fingerprint density at radius 1 is 1.12 bits per heavy atom. The SMILES string of the molecule is O=C(NN=Cc1ccc(CO)c2ccccc12)c1ccc(O)c(Cl)c1. The van der Waals surface area contributed by atoms with Crippen molar-refractivity contribution in [2.24, 2.45) is 5.10 Å². The third-order valence-corrected chi connectivity index (χ3v) is 4.10. The predicted octanol–water partition coefficient (Wildman–Crippen LogP) is 3.46. The Labute approximate surface area is 149 Å². The summed E-state index contributed by atoms with van der Waals surface area (Å²) in [6.07, 6.45) is 1.55. The lowest BCUT2D eigenvalue weighted by molar-refractivity contribution is 0.0955. The van der Waals surface area contributed by atoms with Gasteiger partial charge in [-0.15, -0.1) is 0 Å². The second-order valence-electron chi connectivity index (χ2n) is 5.38. The van der Waals surface area contributed by atoms with Gasteiger partial charge in [0.15, 0.2) is 0 Å². The molecular weight excluding hydrogens is 340 g/mol. The van der Waals surface area contributed by atoms with E-state index in [2.05, 4.69) is 10.5 Å². The number of hydrazone groups is 1. The van der Waals surface area contributed by atoms with Gasteiger partial charge in [-0.2, -0.15) is 5.10 Å². The van der Waals surface area contributed by atoms with Gasteiger partial charge in [-0.05, 0) is 34.5 Å². The molecule has 0 aliphatic carbocycles. The van der Waals surface area contributed by atoms with Gasteiger partial charge in [0.25, 0.3) is 5.91 Å². The number of halogens is 1. The minimum Gasteiger partial charge on any atom is -0.506 e. The monoisotopic (exact) mass is 354 g/mol. The number of nitrogens with one attached hydrogen (secondary N) is 1. The van der Waals surface area contributed by atoms with Crippen LogP contribution in [-0.2, 0) is 6.61 Å². The van der Waals surface area contributed by atoms with Crippen LogP contribution in [0.4, 0.5) is 0 Å². The van der Waals surface area contributed by atoms with E-state index in [1.54, 1.807) is 6.21 Å². The van der Waals surface area contributed by atoms with Gasteiger partial charge in [-0.1, -0.05) is 48.0 Å². The van der Waals surface area contributed by atoms with Crippen molar-refractivity contribution in [2.75, 3.05) is 0 Å². The zero-order valence-corrected chi connectivity index (χ0v) is 13.9. The van der Waals surface area contributed by atoms with Crippen LogP contribution in [0.3, 0.4) is 0 Å². The summed E-state index contributed by atoms with van der Waals surface area (Å²) in [5.41, 5.74) is 4.37. The van der Waals surface area contributed by atoms with E-state index in [0.29, 0.717) is 5.56 Å². The lowest BCUT2D eigenvalue weighted by Gasteiger charge is -2.07. The number of phenols is 1. The number of hydrogen-bond acceptors (Lipinski definition) is 4. The van der Waals surface area contributed by atoms with Gasteiger partial charge in [0.2, 0.25) is 0 Å². The van der Waals surface area contributed by atoms with Gasteiger partial charge in [0.05, 0.1) is 17.8 Å². The van der Waals surface area contributed by atoms with Crippen molar-refractivity contribution in [1.29, 1.82) is 0 Å². The molecule has 0 aliphatic heterocycles. The highest BCUT2D eigenvalue weighted by molar-refractivity contribution is 6.32. The van der Waals surface area contributed by atoms with E-state index in [0.717, 1.165) is 21.9 Å². The molecule has 3 aromatic rings.